The van der Waals surface area contributed by atoms with Crippen molar-refractivity contribution in [2.75, 3.05) is 44.2 Å². The summed E-state index contributed by atoms with van der Waals surface area (Å²) in [7, 11) is 0. The van der Waals surface area contributed by atoms with Crippen molar-refractivity contribution in [2.45, 2.75) is 25.9 Å². The molecule has 3 aliphatic rings. The topological polar surface area (TPSA) is 68.2 Å². The van der Waals surface area contributed by atoms with Crippen molar-refractivity contribution in [3.63, 3.8) is 0 Å². The standard InChI is InChI=1S/C36H37F2N5O2/c1-2-41-19-21-42(22-20-41)18-17-34(44)43-32-6-4-3-5-30(32)35(26-9-14-29(38)15-10-26)40-31-23-27(11-16-33(31)43)36(45)39-24-25-7-12-28(37)13-8-25/h3-16,23,30,32H,2,17-22,24H2,1H3,(H,39,45). The molecule has 2 unspecified atom stereocenters. The molecule has 1 fully saturated rings. The highest BCUT2D eigenvalue weighted by Gasteiger charge is 2.37. The Morgan fingerprint density at radius 2 is 1.53 bits per heavy atom. The molecule has 0 saturated carbocycles. The van der Waals surface area contributed by atoms with Gasteiger partial charge >= 0.3 is 0 Å². The average molecular weight is 610 g/mol. The minimum absolute atomic E-state index is 0.0202. The summed E-state index contributed by atoms with van der Waals surface area (Å²) in [6, 6.07) is 17.0. The zero-order chi connectivity index (χ0) is 31.3. The molecule has 9 heteroatoms. The maximum Gasteiger partial charge on any atom is 0.251 e. The second kappa shape index (κ2) is 13.7. The third kappa shape index (κ3) is 6.95. The molecular weight excluding hydrogens is 572 g/mol. The number of likely N-dealkylation sites (N-methyl/N-ethyl adjacent to an activating group) is 1. The number of hydrogen-bond donors (Lipinski definition) is 1. The first-order chi connectivity index (χ1) is 21.9. The SMILES string of the molecule is CCN1CCN(CCC(=O)N2c3ccc(C(=O)NCc4ccc(F)cc4)cc3N=C(c3ccc(F)cc3)C3C=CC=CC32)CC1. The normalized spacial score (nSPS) is 19.8. The number of amides is 2. The van der Waals surface area contributed by atoms with Gasteiger partial charge in [0, 0.05) is 57.2 Å². The van der Waals surface area contributed by atoms with Crippen LogP contribution in [0, 0.1) is 17.6 Å². The first kappa shape index (κ1) is 30.6. The molecule has 2 amide bonds. The summed E-state index contributed by atoms with van der Waals surface area (Å²) < 4.78 is 27.3. The molecule has 0 aromatic heterocycles. The van der Waals surface area contributed by atoms with Crippen molar-refractivity contribution in [3.05, 3.63) is 119 Å². The van der Waals surface area contributed by atoms with E-state index in [1.54, 1.807) is 42.5 Å². The molecule has 7 nitrogen and oxygen atoms in total. The van der Waals surface area contributed by atoms with E-state index in [1.165, 1.54) is 24.3 Å². The molecule has 3 aromatic rings. The van der Waals surface area contributed by atoms with Crippen LogP contribution < -0.4 is 10.2 Å². The number of carbonyl (C=O) groups excluding carboxylic acids is 2. The number of halogens is 2. The van der Waals surface area contributed by atoms with Gasteiger partial charge in [-0.3, -0.25) is 9.59 Å². The fourth-order valence-corrected chi connectivity index (χ4v) is 6.19. The van der Waals surface area contributed by atoms with Crippen molar-refractivity contribution in [3.8, 4) is 0 Å². The lowest BCUT2D eigenvalue weighted by Crippen LogP contribution is -2.49. The van der Waals surface area contributed by atoms with Crippen LogP contribution in [-0.2, 0) is 11.3 Å². The molecule has 3 aromatic carbocycles. The lowest BCUT2D eigenvalue weighted by Gasteiger charge is -2.36. The lowest BCUT2D eigenvalue weighted by molar-refractivity contribution is -0.119. The van der Waals surface area contributed by atoms with Crippen LogP contribution in [0.25, 0.3) is 0 Å². The number of piperazine rings is 1. The number of benzene rings is 3. The molecule has 1 N–H and O–H groups in total. The molecule has 1 aliphatic carbocycles. The third-order valence-electron chi connectivity index (χ3n) is 8.79. The molecule has 1 saturated heterocycles. The molecular formula is C36H37F2N5O2. The predicted octanol–water partition coefficient (Wildman–Crippen LogP) is 5.50. The summed E-state index contributed by atoms with van der Waals surface area (Å²) in [5.41, 5.74) is 3.70. The second-order valence-corrected chi connectivity index (χ2v) is 11.6. The first-order valence-electron chi connectivity index (χ1n) is 15.5. The van der Waals surface area contributed by atoms with Gasteiger partial charge in [-0.1, -0.05) is 55.5 Å². The molecule has 45 heavy (non-hydrogen) atoms. The van der Waals surface area contributed by atoms with Crippen molar-refractivity contribution >= 4 is 28.9 Å². The van der Waals surface area contributed by atoms with Gasteiger partial charge in [-0.15, -0.1) is 0 Å². The number of anilines is 1. The zero-order valence-corrected chi connectivity index (χ0v) is 25.3. The predicted molar refractivity (Wildman–Crippen MR) is 173 cm³/mol. The third-order valence-corrected chi connectivity index (χ3v) is 8.79. The maximum absolute atomic E-state index is 14.1. The fourth-order valence-electron chi connectivity index (χ4n) is 6.19. The van der Waals surface area contributed by atoms with Crippen LogP contribution >= 0.6 is 0 Å². The molecule has 232 valence electrons. The van der Waals surface area contributed by atoms with E-state index in [-0.39, 0.29) is 42.0 Å². The van der Waals surface area contributed by atoms with Gasteiger partial charge in [0.15, 0.2) is 0 Å². The summed E-state index contributed by atoms with van der Waals surface area (Å²) >= 11 is 0. The fraction of sp³-hybridized carbons (Fsp3) is 0.306. The number of fused-ring (bicyclic) bond motifs is 2. The van der Waals surface area contributed by atoms with Crippen LogP contribution in [0.3, 0.4) is 0 Å². The molecule has 0 bridgehead atoms. The van der Waals surface area contributed by atoms with Gasteiger partial charge in [0.05, 0.1) is 23.1 Å². The molecule has 0 radical (unpaired) electrons. The molecule has 2 heterocycles. The summed E-state index contributed by atoms with van der Waals surface area (Å²) in [5.74, 6) is -1.30. The Kier molecular flexibility index (Phi) is 9.28. The van der Waals surface area contributed by atoms with E-state index in [4.69, 9.17) is 4.99 Å². The Morgan fingerprint density at radius 1 is 0.867 bits per heavy atom. The van der Waals surface area contributed by atoms with Crippen LogP contribution in [-0.4, -0.2) is 72.6 Å². The Hall–Kier alpha value is -4.47. The van der Waals surface area contributed by atoms with E-state index in [0.29, 0.717) is 35.6 Å². The summed E-state index contributed by atoms with van der Waals surface area (Å²) in [5, 5.41) is 2.89. The Morgan fingerprint density at radius 3 is 2.24 bits per heavy atom. The summed E-state index contributed by atoms with van der Waals surface area (Å²) in [6.07, 6.45) is 8.27. The summed E-state index contributed by atoms with van der Waals surface area (Å²) in [6.45, 7) is 7.95. The number of nitrogens with zero attached hydrogens (tertiary/aromatic N) is 4. The van der Waals surface area contributed by atoms with E-state index in [1.807, 2.05) is 29.2 Å². The van der Waals surface area contributed by atoms with Crippen molar-refractivity contribution < 1.29 is 18.4 Å². The number of aliphatic imine (C=N–C) groups is 1. The van der Waals surface area contributed by atoms with Crippen molar-refractivity contribution in [2.24, 2.45) is 10.9 Å². The van der Waals surface area contributed by atoms with Gasteiger partial charge in [-0.2, -0.15) is 0 Å². The molecule has 2 atom stereocenters. The minimum Gasteiger partial charge on any atom is -0.348 e. The smallest absolute Gasteiger partial charge is 0.251 e. The van der Waals surface area contributed by atoms with Gasteiger partial charge in [-0.05, 0) is 60.1 Å². The number of rotatable bonds is 8. The largest absolute Gasteiger partial charge is 0.348 e. The van der Waals surface area contributed by atoms with E-state index in [2.05, 4.69) is 22.0 Å². The summed E-state index contributed by atoms with van der Waals surface area (Å²) in [4.78, 5) is 39.0. The monoisotopic (exact) mass is 609 g/mol. The highest BCUT2D eigenvalue weighted by Crippen LogP contribution is 2.40. The number of nitrogens with one attached hydrogen (secondary N) is 1. The van der Waals surface area contributed by atoms with Crippen LogP contribution in [0.5, 0.6) is 0 Å². The Labute approximate surface area is 262 Å². The van der Waals surface area contributed by atoms with E-state index < -0.39 is 0 Å². The Balaban J connectivity index is 1.32. The van der Waals surface area contributed by atoms with Gasteiger partial charge in [0.1, 0.15) is 11.6 Å². The van der Waals surface area contributed by atoms with Crippen LogP contribution in [0.4, 0.5) is 20.2 Å². The number of allylic oxidation sites excluding steroid dienone is 2. The molecule has 2 aliphatic heterocycles. The second-order valence-electron chi connectivity index (χ2n) is 11.6. The van der Waals surface area contributed by atoms with Gasteiger partial charge in [0.25, 0.3) is 5.91 Å². The highest BCUT2D eigenvalue weighted by molar-refractivity contribution is 6.10. The van der Waals surface area contributed by atoms with E-state index in [9.17, 15) is 18.4 Å². The highest BCUT2D eigenvalue weighted by atomic mass is 19.1. The quantitative estimate of drug-likeness (QED) is 0.366. The van der Waals surface area contributed by atoms with Crippen LogP contribution in [0.2, 0.25) is 0 Å². The van der Waals surface area contributed by atoms with E-state index >= 15 is 0 Å². The Bertz CT molecular complexity index is 1630. The van der Waals surface area contributed by atoms with Gasteiger partial charge in [0.2, 0.25) is 5.91 Å². The van der Waals surface area contributed by atoms with Gasteiger partial charge < -0.3 is 20.0 Å². The van der Waals surface area contributed by atoms with Crippen molar-refractivity contribution in [1.82, 2.24) is 15.1 Å². The van der Waals surface area contributed by atoms with E-state index in [0.717, 1.165) is 43.9 Å². The average Bonchev–Trinajstić information content (AvgIpc) is 3.22. The van der Waals surface area contributed by atoms with Crippen LogP contribution in [0.1, 0.15) is 34.8 Å². The zero-order valence-electron chi connectivity index (χ0n) is 25.3. The van der Waals surface area contributed by atoms with Crippen LogP contribution in [0.15, 0.2) is 96.0 Å². The van der Waals surface area contributed by atoms with Gasteiger partial charge in [-0.25, -0.2) is 13.8 Å². The number of hydrogen-bond acceptors (Lipinski definition) is 5. The molecule has 0 spiro atoms. The maximum atomic E-state index is 14.1. The van der Waals surface area contributed by atoms with Crippen molar-refractivity contribution in [1.29, 1.82) is 0 Å². The minimum atomic E-state index is -0.347. The lowest BCUT2D eigenvalue weighted by atomic mass is 9.86. The molecule has 6 rings (SSSR count). The number of carbonyl (C=O) groups is 2. The first-order valence-corrected chi connectivity index (χ1v) is 15.5.